The number of hydrogen-bond acceptors (Lipinski definition) is 6. The van der Waals surface area contributed by atoms with E-state index in [4.69, 9.17) is 18.9 Å². The van der Waals surface area contributed by atoms with Gasteiger partial charge in [-0.25, -0.2) is 4.79 Å². The van der Waals surface area contributed by atoms with Gasteiger partial charge in [0, 0.05) is 18.7 Å². The second-order valence-corrected chi connectivity index (χ2v) is 8.53. The van der Waals surface area contributed by atoms with E-state index in [1.54, 1.807) is 31.3 Å². The van der Waals surface area contributed by atoms with Gasteiger partial charge in [-0.1, -0.05) is 30.3 Å². The molecule has 0 aliphatic carbocycles. The van der Waals surface area contributed by atoms with Crippen LogP contribution in [0.15, 0.2) is 48.5 Å². The smallest absolute Gasteiger partial charge is 0.411 e. The Kier molecular flexibility index (Phi) is 7.77. The zero-order valence-electron chi connectivity index (χ0n) is 19.8. The van der Waals surface area contributed by atoms with Crippen LogP contribution in [0.3, 0.4) is 0 Å². The minimum Gasteiger partial charge on any atom is -0.493 e. The molecule has 2 amide bonds. The molecule has 2 aliphatic heterocycles. The molecule has 2 heterocycles. The normalized spacial score (nSPS) is 19.9. The zero-order valence-corrected chi connectivity index (χ0v) is 19.8. The number of piperidine rings is 1. The van der Waals surface area contributed by atoms with Crippen LogP contribution in [0.25, 0.3) is 0 Å². The molecule has 4 rings (SSSR count). The molecule has 2 bridgehead atoms. The molecule has 2 atom stereocenters. The van der Waals surface area contributed by atoms with Crippen molar-refractivity contribution in [2.45, 2.75) is 44.4 Å². The number of fused-ring (bicyclic) bond motifs is 2. The summed E-state index contributed by atoms with van der Waals surface area (Å²) in [7, 11) is 3.16. The van der Waals surface area contributed by atoms with Gasteiger partial charge in [0.1, 0.15) is 25.0 Å². The lowest BCUT2D eigenvalue weighted by Gasteiger charge is -2.38. The van der Waals surface area contributed by atoms with Crippen molar-refractivity contribution >= 4 is 12.0 Å². The highest BCUT2D eigenvalue weighted by molar-refractivity contribution is 5.86. The lowest BCUT2D eigenvalue weighted by atomic mass is 9.95. The third kappa shape index (κ3) is 5.38. The Labute approximate surface area is 200 Å². The van der Waals surface area contributed by atoms with Crippen LogP contribution < -0.4 is 14.2 Å². The molecule has 0 radical (unpaired) electrons. The molecule has 0 saturated carbocycles. The summed E-state index contributed by atoms with van der Waals surface area (Å²) in [5.74, 6) is 1.83. The Bertz CT molecular complexity index is 983. The molecular weight excluding hydrogens is 436 g/mol. The van der Waals surface area contributed by atoms with E-state index < -0.39 is 12.1 Å². The number of carbonyl (C=O) groups excluding carboxylic acids is 2. The van der Waals surface area contributed by atoms with Crippen LogP contribution in [0, 0.1) is 0 Å². The van der Waals surface area contributed by atoms with Crippen LogP contribution in [0.4, 0.5) is 4.79 Å². The van der Waals surface area contributed by atoms with Gasteiger partial charge in [-0.3, -0.25) is 9.69 Å². The van der Waals surface area contributed by atoms with Gasteiger partial charge >= 0.3 is 6.09 Å². The fraction of sp³-hybridized carbons (Fsp3) is 0.462. The molecule has 2 saturated heterocycles. The van der Waals surface area contributed by atoms with Crippen molar-refractivity contribution in [1.29, 1.82) is 0 Å². The number of nitrogens with zero attached hydrogens (tertiary/aromatic N) is 2. The zero-order chi connectivity index (χ0) is 23.9. The summed E-state index contributed by atoms with van der Waals surface area (Å²) in [5, 5.41) is 0. The van der Waals surface area contributed by atoms with Gasteiger partial charge in [0.05, 0.1) is 20.8 Å². The van der Waals surface area contributed by atoms with Crippen molar-refractivity contribution in [3.63, 3.8) is 0 Å². The van der Waals surface area contributed by atoms with E-state index in [1.807, 2.05) is 41.3 Å². The Morgan fingerprint density at radius 2 is 1.79 bits per heavy atom. The molecule has 2 fully saturated rings. The Balaban J connectivity index is 1.36. The third-order valence-electron chi connectivity index (χ3n) is 6.47. The first kappa shape index (κ1) is 23.7. The van der Waals surface area contributed by atoms with E-state index in [1.165, 1.54) is 0 Å². The van der Waals surface area contributed by atoms with Crippen molar-refractivity contribution < 1.29 is 28.5 Å². The standard InChI is InChI=1S/C26H32N2O6/c1-31-23-12-11-21(17-24(23)32-2)33-16-15-27-14-13-20-9-6-10-22(25(27)29)28(20)26(30)34-18-19-7-4-3-5-8-19/h3-5,7-8,11-12,17,20,22H,6,9-10,13-16,18H2,1-2H3. The minimum atomic E-state index is -0.481. The average Bonchev–Trinajstić information content (AvgIpc) is 2.95. The number of methoxy groups -OCH3 is 2. The van der Waals surface area contributed by atoms with Crippen LogP contribution in [-0.4, -0.2) is 67.8 Å². The molecular formula is C26H32N2O6. The van der Waals surface area contributed by atoms with Gasteiger partial charge in [-0.15, -0.1) is 0 Å². The highest BCUT2D eigenvalue weighted by Gasteiger charge is 2.43. The lowest BCUT2D eigenvalue weighted by Crippen LogP contribution is -2.54. The van der Waals surface area contributed by atoms with Crippen molar-refractivity contribution in [2.75, 3.05) is 33.9 Å². The Hall–Kier alpha value is -3.42. The van der Waals surface area contributed by atoms with Gasteiger partial charge in [0.2, 0.25) is 5.91 Å². The van der Waals surface area contributed by atoms with Crippen molar-refractivity contribution in [3.05, 3.63) is 54.1 Å². The summed E-state index contributed by atoms with van der Waals surface area (Å²) >= 11 is 0. The van der Waals surface area contributed by atoms with Crippen LogP contribution in [0.5, 0.6) is 17.2 Å². The molecule has 182 valence electrons. The quantitative estimate of drug-likeness (QED) is 0.585. The van der Waals surface area contributed by atoms with Crippen molar-refractivity contribution in [3.8, 4) is 17.2 Å². The maximum atomic E-state index is 13.4. The molecule has 8 nitrogen and oxygen atoms in total. The van der Waals surface area contributed by atoms with Gasteiger partial charge in [0.25, 0.3) is 0 Å². The van der Waals surface area contributed by atoms with E-state index in [0.717, 1.165) is 24.8 Å². The number of benzene rings is 2. The van der Waals surface area contributed by atoms with E-state index >= 15 is 0 Å². The van der Waals surface area contributed by atoms with Crippen LogP contribution in [0.1, 0.15) is 31.2 Å². The molecule has 2 unspecified atom stereocenters. The first-order valence-corrected chi connectivity index (χ1v) is 11.7. The molecule has 0 aromatic heterocycles. The van der Waals surface area contributed by atoms with Crippen molar-refractivity contribution in [2.24, 2.45) is 0 Å². The van der Waals surface area contributed by atoms with Gasteiger partial charge in [-0.2, -0.15) is 0 Å². The summed E-state index contributed by atoms with van der Waals surface area (Å²) in [6, 6.07) is 14.5. The van der Waals surface area contributed by atoms with Gasteiger partial charge < -0.3 is 23.8 Å². The predicted molar refractivity (Wildman–Crippen MR) is 126 cm³/mol. The average molecular weight is 469 g/mol. The highest BCUT2D eigenvalue weighted by Crippen LogP contribution is 2.32. The second-order valence-electron chi connectivity index (χ2n) is 8.53. The molecule has 2 aromatic rings. The Morgan fingerprint density at radius 3 is 2.56 bits per heavy atom. The fourth-order valence-corrected chi connectivity index (χ4v) is 4.70. The van der Waals surface area contributed by atoms with E-state index in [0.29, 0.717) is 43.4 Å². The Morgan fingerprint density at radius 1 is 1.00 bits per heavy atom. The van der Waals surface area contributed by atoms with Crippen molar-refractivity contribution in [1.82, 2.24) is 9.80 Å². The monoisotopic (exact) mass is 468 g/mol. The predicted octanol–water partition coefficient (Wildman–Crippen LogP) is 3.87. The largest absolute Gasteiger partial charge is 0.493 e. The van der Waals surface area contributed by atoms with E-state index in [9.17, 15) is 9.59 Å². The van der Waals surface area contributed by atoms with Gasteiger partial charge in [-0.05, 0) is 43.4 Å². The third-order valence-corrected chi connectivity index (χ3v) is 6.47. The van der Waals surface area contributed by atoms with E-state index in [-0.39, 0.29) is 18.6 Å². The highest BCUT2D eigenvalue weighted by atomic mass is 16.6. The fourth-order valence-electron chi connectivity index (χ4n) is 4.70. The molecule has 0 spiro atoms. The topological polar surface area (TPSA) is 77.5 Å². The van der Waals surface area contributed by atoms with Crippen LogP contribution >= 0.6 is 0 Å². The number of ether oxygens (including phenoxy) is 4. The van der Waals surface area contributed by atoms with Gasteiger partial charge in [0.15, 0.2) is 11.5 Å². The van der Waals surface area contributed by atoms with Crippen LogP contribution in [-0.2, 0) is 16.1 Å². The first-order valence-electron chi connectivity index (χ1n) is 11.7. The summed E-state index contributed by atoms with van der Waals surface area (Å²) < 4.78 is 22.0. The van der Waals surface area contributed by atoms with E-state index in [2.05, 4.69) is 0 Å². The summed E-state index contributed by atoms with van der Waals surface area (Å²) in [5.41, 5.74) is 0.927. The molecule has 8 heteroatoms. The molecule has 0 N–H and O–H groups in total. The summed E-state index contributed by atoms with van der Waals surface area (Å²) in [6.45, 7) is 1.59. The first-order chi connectivity index (χ1) is 16.6. The lowest BCUT2D eigenvalue weighted by molar-refractivity contribution is -0.136. The number of amides is 2. The number of carbonyl (C=O) groups is 2. The number of hydrogen-bond donors (Lipinski definition) is 0. The number of rotatable bonds is 8. The summed E-state index contributed by atoms with van der Waals surface area (Å²) in [4.78, 5) is 29.8. The van der Waals surface area contributed by atoms with Crippen LogP contribution in [0.2, 0.25) is 0 Å². The molecule has 34 heavy (non-hydrogen) atoms. The second kappa shape index (κ2) is 11.1. The maximum absolute atomic E-state index is 13.4. The summed E-state index contributed by atoms with van der Waals surface area (Å²) in [6.07, 6.45) is 2.80. The molecule has 2 aliphatic rings. The minimum absolute atomic E-state index is 0.0164. The SMILES string of the molecule is COc1ccc(OCCN2CCC3CCCC(C2=O)N3C(=O)OCc2ccccc2)cc1OC. The molecule has 2 aromatic carbocycles. The maximum Gasteiger partial charge on any atom is 0.411 e.